The van der Waals surface area contributed by atoms with E-state index in [0.29, 0.717) is 19.5 Å². The normalized spacial score (nSPS) is 18.1. The first-order chi connectivity index (χ1) is 13.2. The third-order valence-electron chi connectivity index (χ3n) is 4.78. The van der Waals surface area contributed by atoms with Crippen molar-refractivity contribution in [1.29, 1.82) is 0 Å². The lowest BCUT2D eigenvalue weighted by atomic mass is 10.1. The number of benzene rings is 1. The van der Waals surface area contributed by atoms with Crippen LogP contribution in [0.3, 0.4) is 0 Å². The van der Waals surface area contributed by atoms with Crippen LogP contribution in [-0.2, 0) is 0 Å². The molecule has 0 amide bonds. The molecule has 2 aromatic heterocycles. The van der Waals surface area contributed by atoms with Crippen molar-refractivity contribution in [1.82, 2.24) is 14.8 Å². The number of hydrogen-bond donors (Lipinski definition) is 1. The van der Waals surface area contributed by atoms with E-state index in [-0.39, 0.29) is 0 Å². The topological polar surface area (TPSA) is 72.3 Å². The second-order valence-corrected chi connectivity index (χ2v) is 6.54. The van der Waals surface area contributed by atoms with E-state index >= 15 is 0 Å². The highest BCUT2D eigenvalue weighted by atomic mass is 19.1. The molecule has 0 unspecified atom stereocenters. The molecule has 0 spiro atoms. The smallest absolute Gasteiger partial charge is 0.130 e. The monoisotopic (exact) mass is 364 g/mol. The first-order valence-corrected chi connectivity index (χ1v) is 8.87. The van der Waals surface area contributed by atoms with Gasteiger partial charge < -0.3 is 10.6 Å². The molecule has 1 aromatic carbocycles. The Bertz CT molecular complexity index is 1020. The van der Waals surface area contributed by atoms with Gasteiger partial charge in [0.05, 0.1) is 23.9 Å². The largest absolute Gasteiger partial charge is 0.404 e. The molecule has 6 nitrogen and oxygen atoms in total. The van der Waals surface area contributed by atoms with E-state index in [1.165, 1.54) is 0 Å². The summed E-state index contributed by atoms with van der Waals surface area (Å²) in [5, 5.41) is 5.55. The predicted molar refractivity (Wildman–Crippen MR) is 107 cm³/mol. The van der Waals surface area contributed by atoms with Gasteiger partial charge in [0.15, 0.2) is 0 Å². The van der Waals surface area contributed by atoms with Gasteiger partial charge in [-0.3, -0.25) is 4.99 Å². The lowest BCUT2D eigenvalue weighted by Gasteiger charge is -2.17. The van der Waals surface area contributed by atoms with Gasteiger partial charge in [-0.15, -0.1) is 0 Å². The Morgan fingerprint density at radius 3 is 2.96 bits per heavy atom. The number of nitrogens with two attached hydrogens (primary N) is 1. The molecule has 3 heterocycles. The van der Waals surface area contributed by atoms with E-state index in [4.69, 9.17) is 5.73 Å². The van der Waals surface area contributed by atoms with E-state index in [1.807, 2.05) is 46.1 Å². The molecule has 1 atom stereocenters. The molecular formula is C20H21FN6. The second-order valence-electron chi connectivity index (χ2n) is 6.54. The van der Waals surface area contributed by atoms with Gasteiger partial charge in [0.25, 0.3) is 0 Å². The summed E-state index contributed by atoms with van der Waals surface area (Å²) in [7, 11) is 1.71. The van der Waals surface area contributed by atoms with Crippen LogP contribution in [0.1, 0.15) is 12.0 Å². The summed E-state index contributed by atoms with van der Waals surface area (Å²) in [6.45, 7) is 1.07. The van der Waals surface area contributed by atoms with Crippen LogP contribution in [0, 0.1) is 0 Å². The Hall–Kier alpha value is -3.22. The number of halogens is 1. The number of aromatic nitrogens is 3. The number of hydrogen-bond acceptors (Lipinski definition) is 5. The summed E-state index contributed by atoms with van der Waals surface area (Å²) in [4.78, 5) is 10.4. The van der Waals surface area contributed by atoms with Crippen LogP contribution in [0.2, 0.25) is 0 Å². The summed E-state index contributed by atoms with van der Waals surface area (Å²) in [6.07, 6.45) is 6.60. The number of allylic oxidation sites excluding steroid dienone is 1. The fourth-order valence-electron chi connectivity index (χ4n) is 3.39. The van der Waals surface area contributed by atoms with Crippen LogP contribution < -0.4 is 10.6 Å². The van der Waals surface area contributed by atoms with E-state index in [2.05, 4.69) is 15.1 Å². The van der Waals surface area contributed by atoms with Gasteiger partial charge in [-0.25, -0.2) is 14.1 Å². The van der Waals surface area contributed by atoms with Crippen LogP contribution in [0.25, 0.3) is 22.2 Å². The summed E-state index contributed by atoms with van der Waals surface area (Å²) in [6, 6.07) is 9.90. The van der Waals surface area contributed by atoms with Crippen LogP contribution in [0.15, 0.2) is 53.9 Å². The third kappa shape index (κ3) is 3.28. The van der Waals surface area contributed by atoms with Gasteiger partial charge in [-0.05, 0) is 24.1 Å². The summed E-state index contributed by atoms with van der Waals surface area (Å²) < 4.78 is 15.4. The van der Waals surface area contributed by atoms with Crippen LogP contribution in [-0.4, -0.2) is 47.3 Å². The Morgan fingerprint density at radius 2 is 2.22 bits per heavy atom. The average molecular weight is 364 g/mol. The molecule has 0 aliphatic carbocycles. The maximum absolute atomic E-state index is 13.5. The van der Waals surface area contributed by atoms with E-state index in [1.54, 1.807) is 25.7 Å². The molecule has 3 aromatic rings. The molecule has 0 radical (unpaired) electrons. The van der Waals surface area contributed by atoms with Crippen molar-refractivity contribution in [2.75, 3.05) is 25.0 Å². The zero-order chi connectivity index (χ0) is 18.8. The van der Waals surface area contributed by atoms with E-state index in [0.717, 1.165) is 33.5 Å². The van der Waals surface area contributed by atoms with Gasteiger partial charge in [0.1, 0.15) is 12.0 Å². The highest BCUT2D eigenvalue weighted by molar-refractivity contribution is 6.10. The van der Waals surface area contributed by atoms with Gasteiger partial charge in [0, 0.05) is 49.2 Å². The van der Waals surface area contributed by atoms with Crippen molar-refractivity contribution < 1.29 is 4.39 Å². The van der Waals surface area contributed by atoms with E-state index in [9.17, 15) is 4.39 Å². The molecule has 4 rings (SSSR count). The molecule has 0 saturated carbocycles. The SMILES string of the molecule is CN=CC(=CN)c1ccc2cnn(-c3ccnc(N4CC[C@H](F)C4)c3)c2c1. The molecule has 1 saturated heterocycles. The fraction of sp³-hybridized carbons (Fsp3) is 0.250. The zero-order valence-corrected chi connectivity index (χ0v) is 15.1. The van der Waals surface area contributed by atoms with Crippen molar-refractivity contribution in [3.8, 4) is 5.69 Å². The predicted octanol–water partition coefficient (Wildman–Crippen LogP) is 2.97. The van der Waals surface area contributed by atoms with Crippen molar-refractivity contribution in [2.24, 2.45) is 10.7 Å². The summed E-state index contributed by atoms with van der Waals surface area (Å²) in [5.41, 5.74) is 9.39. The number of anilines is 1. The summed E-state index contributed by atoms with van der Waals surface area (Å²) >= 11 is 0. The average Bonchev–Trinajstić information content (AvgIpc) is 3.32. The lowest BCUT2D eigenvalue weighted by molar-refractivity contribution is 0.364. The number of nitrogens with zero attached hydrogens (tertiary/aromatic N) is 5. The molecule has 1 aliphatic heterocycles. The van der Waals surface area contributed by atoms with Gasteiger partial charge in [-0.1, -0.05) is 12.1 Å². The zero-order valence-electron chi connectivity index (χ0n) is 15.1. The maximum atomic E-state index is 13.5. The molecular weight excluding hydrogens is 343 g/mol. The third-order valence-corrected chi connectivity index (χ3v) is 4.78. The van der Waals surface area contributed by atoms with Crippen LogP contribution in [0.5, 0.6) is 0 Å². The Morgan fingerprint density at radius 1 is 1.33 bits per heavy atom. The van der Waals surface area contributed by atoms with Crippen molar-refractivity contribution in [3.63, 3.8) is 0 Å². The quantitative estimate of drug-likeness (QED) is 0.723. The minimum atomic E-state index is -0.787. The minimum Gasteiger partial charge on any atom is -0.404 e. The minimum absolute atomic E-state index is 0.390. The Kier molecular flexibility index (Phi) is 4.58. The Labute approximate surface area is 156 Å². The Balaban J connectivity index is 1.76. The van der Waals surface area contributed by atoms with Gasteiger partial charge >= 0.3 is 0 Å². The highest BCUT2D eigenvalue weighted by Gasteiger charge is 2.23. The number of pyridine rings is 1. The molecule has 7 heteroatoms. The first kappa shape index (κ1) is 17.2. The maximum Gasteiger partial charge on any atom is 0.130 e. The second kappa shape index (κ2) is 7.19. The highest BCUT2D eigenvalue weighted by Crippen LogP contribution is 2.25. The molecule has 138 valence electrons. The molecule has 27 heavy (non-hydrogen) atoms. The van der Waals surface area contributed by atoms with Crippen LogP contribution >= 0.6 is 0 Å². The van der Waals surface area contributed by atoms with Crippen molar-refractivity contribution in [3.05, 3.63) is 54.5 Å². The summed E-state index contributed by atoms with van der Waals surface area (Å²) in [5.74, 6) is 0.771. The first-order valence-electron chi connectivity index (χ1n) is 8.87. The lowest BCUT2D eigenvalue weighted by Crippen LogP contribution is -2.21. The standard InChI is InChI=1S/C20H21FN6/c1-23-11-16(10-22)14-2-3-15-12-25-27(19(15)8-14)18-4-6-24-20(9-18)26-7-5-17(21)13-26/h2-4,6,8-12,17H,5,7,13,22H2,1H3/t17-/m0/s1. The molecule has 1 fully saturated rings. The van der Waals surface area contributed by atoms with Crippen molar-refractivity contribution >= 4 is 28.5 Å². The number of alkyl halides is 1. The number of aliphatic imine (C=N–C) groups is 1. The molecule has 2 N–H and O–H groups in total. The van der Waals surface area contributed by atoms with Crippen LogP contribution in [0.4, 0.5) is 10.2 Å². The van der Waals surface area contributed by atoms with Gasteiger partial charge in [0.2, 0.25) is 0 Å². The fourth-order valence-corrected chi connectivity index (χ4v) is 3.39. The molecule has 1 aliphatic rings. The van der Waals surface area contributed by atoms with Gasteiger partial charge in [-0.2, -0.15) is 5.10 Å². The van der Waals surface area contributed by atoms with Crippen molar-refractivity contribution in [2.45, 2.75) is 12.6 Å². The number of fused-ring (bicyclic) bond motifs is 1. The van der Waals surface area contributed by atoms with E-state index < -0.39 is 6.17 Å². The number of rotatable bonds is 4. The molecule has 0 bridgehead atoms.